The van der Waals surface area contributed by atoms with Crippen LogP contribution in [0.2, 0.25) is 0 Å². The molecule has 1 N–H and O–H groups in total. The lowest BCUT2D eigenvalue weighted by Gasteiger charge is -2.22. The van der Waals surface area contributed by atoms with Crippen LogP contribution in [-0.4, -0.2) is 57.2 Å². The van der Waals surface area contributed by atoms with Crippen molar-refractivity contribution in [3.05, 3.63) is 12.4 Å². The van der Waals surface area contributed by atoms with Crippen molar-refractivity contribution in [1.29, 1.82) is 0 Å². The van der Waals surface area contributed by atoms with Crippen molar-refractivity contribution in [3.63, 3.8) is 0 Å². The van der Waals surface area contributed by atoms with Gasteiger partial charge in [0.2, 0.25) is 10.0 Å². The first kappa shape index (κ1) is 16.3. The molecule has 0 atom stereocenters. The van der Waals surface area contributed by atoms with Crippen molar-refractivity contribution in [2.75, 3.05) is 18.8 Å². The number of aromatic nitrogens is 2. The highest BCUT2D eigenvalue weighted by atomic mass is 32.2. The van der Waals surface area contributed by atoms with Gasteiger partial charge < -0.3 is 5.11 Å². The van der Waals surface area contributed by atoms with E-state index in [4.69, 9.17) is 5.11 Å². The Bertz CT molecular complexity index is 624. The molecule has 1 aliphatic rings. The molecule has 1 aromatic rings. The lowest BCUT2D eigenvalue weighted by molar-refractivity contribution is -0.137. The summed E-state index contributed by atoms with van der Waals surface area (Å²) in [6, 6.07) is 0. The van der Waals surface area contributed by atoms with Crippen LogP contribution in [0.5, 0.6) is 0 Å². The molecule has 0 aliphatic carbocycles. The maximum atomic E-state index is 12.6. The molecule has 118 valence electrons. The minimum atomic E-state index is -3.61. The van der Waals surface area contributed by atoms with Gasteiger partial charge in [-0.15, -0.1) is 0 Å². The maximum absolute atomic E-state index is 12.6. The first-order valence-corrected chi connectivity index (χ1v) is 9.02. The van der Waals surface area contributed by atoms with Gasteiger partial charge in [-0.25, -0.2) is 8.42 Å². The van der Waals surface area contributed by atoms with Gasteiger partial charge >= 0.3 is 5.97 Å². The van der Waals surface area contributed by atoms with E-state index >= 15 is 0 Å². The number of thioether (sulfide) groups is 1. The molecule has 0 aromatic carbocycles. The van der Waals surface area contributed by atoms with Gasteiger partial charge in [-0.3, -0.25) is 9.48 Å². The Morgan fingerprint density at radius 3 is 2.86 bits per heavy atom. The van der Waals surface area contributed by atoms with Crippen LogP contribution < -0.4 is 0 Å². The van der Waals surface area contributed by atoms with Crippen LogP contribution in [0.25, 0.3) is 0 Å². The van der Waals surface area contributed by atoms with Crippen molar-refractivity contribution in [3.8, 4) is 0 Å². The average Bonchev–Trinajstić information content (AvgIpc) is 2.73. The summed E-state index contributed by atoms with van der Waals surface area (Å²) in [5, 5.41) is 12.5. The predicted molar refractivity (Wildman–Crippen MR) is 79.8 cm³/mol. The van der Waals surface area contributed by atoms with Gasteiger partial charge in [0.05, 0.1) is 6.20 Å². The van der Waals surface area contributed by atoms with Crippen LogP contribution in [0.3, 0.4) is 0 Å². The van der Waals surface area contributed by atoms with E-state index in [0.29, 0.717) is 13.1 Å². The zero-order chi connectivity index (χ0) is 15.7. The Labute approximate surface area is 128 Å². The van der Waals surface area contributed by atoms with Gasteiger partial charge in [-0.1, -0.05) is 13.8 Å². The first-order valence-electron chi connectivity index (χ1n) is 6.59. The molecular weight excluding hydrogens is 314 g/mol. The van der Waals surface area contributed by atoms with Crippen LogP contribution in [-0.2, 0) is 21.4 Å². The Kier molecular flexibility index (Phi) is 4.64. The number of nitrogens with zero attached hydrogens (tertiary/aromatic N) is 3. The van der Waals surface area contributed by atoms with Crippen molar-refractivity contribution in [1.82, 2.24) is 14.1 Å². The molecule has 0 bridgehead atoms. The van der Waals surface area contributed by atoms with Crippen LogP contribution in [0, 0.1) is 0 Å². The minimum absolute atomic E-state index is 0.0495. The number of rotatable bonds is 4. The number of hydrogen-bond donors (Lipinski definition) is 1. The SMILES string of the molecule is CC1(C)CCN(S(=O)(=O)c2cnn(CC(=O)O)c2)CCS1. The number of aliphatic carboxylic acids is 1. The summed E-state index contributed by atoms with van der Waals surface area (Å²) >= 11 is 1.77. The lowest BCUT2D eigenvalue weighted by Crippen LogP contribution is -2.33. The fourth-order valence-corrected chi connectivity index (χ4v) is 4.71. The van der Waals surface area contributed by atoms with Gasteiger partial charge in [0.15, 0.2) is 0 Å². The fourth-order valence-electron chi connectivity index (χ4n) is 2.09. The van der Waals surface area contributed by atoms with E-state index in [1.54, 1.807) is 11.8 Å². The molecule has 9 heteroatoms. The molecule has 0 unspecified atom stereocenters. The second-order valence-corrected chi connectivity index (χ2v) is 9.27. The second kappa shape index (κ2) is 5.98. The lowest BCUT2D eigenvalue weighted by atomic mass is 10.1. The summed E-state index contributed by atoms with van der Waals surface area (Å²) in [4.78, 5) is 10.7. The monoisotopic (exact) mass is 333 g/mol. The van der Waals surface area contributed by atoms with E-state index in [1.807, 2.05) is 0 Å². The average molecular weight is 333 g/mol. The van der Waals surface area contributed by atoms with Crippen molar-refractivity contribution in [2.45, 2.75) is 36.5 Å². The van der Waals surface area contributed by atoms with Gasteiger partial charge in [0.1, 0.15) is 11.4 Å². The summed E-state index contributed by atoms with van der Waals surface area (Å²) in [7, 11) is -3.61. The Hall–Kier alpha value is -1.06. The molecule has 0 radical (unpaired) electrons. The molecule has 1 aliphatic heterocycles. The number of carboxylic acid groups (broad SMARTS) is 1. The van der Waals surface area contributed by atoms with Crippen molar-refractivity contribution >= 4 is 27.8 Å². The van der Waals surface area contributed by atoms with Crippen LogP contribution in [0.15, 0.2) is 17.3 Å². The van der Waals surface area contributed by atoms with Crippen LogP contribution >= 0.6 is 11.8 Å². The molecule has 1 saturated heterocycles. The predicted octanol–water partition coefficient (Wildman–Crippen LogP) is 0.874. The molecule has 2 rings (SSSR count). The normalized spacial score (nSPS) is 20.1. The van der Waals surface area contributed by atoms with Gasteiger partial charge in [0.25, 0.3) is 0 Å². The summed E-state index contributed by atoms with van der Waals surface area (Å²) in [5.74, 6) is -0.315. The van der Waals surface area contributed by atoms with Gasteiger partial charge in [0, 0.05) is 29.8 Å². The fraction of sp³-hybridized carbons (Fsp3) is 0.667. The first-order chi connectivity index (χ1) is 9.71. The molecule has 1 aromatic heterocycles. The molecule has 0 saturated carbocycles. The third kappa shape index (κ3) is 3.98. The Balaban J connectivity index is 2.17. The summed E-state index contributed by atoms with van der Waals surface area (Å²) in [6.07, 6.45) is 3.26. The zero-order valence-electron chi connectivity index (χ0n) is 12.0. The van der Waals surface area contributed by atoms with E-state index in [1.165, 1.54) is 16.7 Å². The topological polar surface area (TPSA) is 92.5 Å². The van der Waals surface area contributed by atoms with Crippen molar-refractivity contribution < 1.29 is 18.3 Å². The summed E-state index contributed by atoms with van der Waals surface area (Å²) in [5.41, 5.74) is 0. The molecule has 7 nitrogen and oxygen atoms in total. The van der Waals surface area contributed by atoms with Gasteiger partial charge in [-0.2, -0.15) is 21.2 Å². The molecular formula is C12H19N3O4S2. The molecule has 0 amide bonds. The Morgan fingerprint density at radius 1 is 1.48 bits per heavy atom. The second-order valence-electron chi connectivity index (χ2n) is 5.53. The highest BCUT2D eigenvalue weighted by molar-refractivity contribution is 8.00. The zero-order valence-corrected chi connectivity index (χ0v) is 13.7. The smallest absolute Gasteiger partial charge is 0.325 e. The standard InChI is InChI=1S/C12H19N3O4S2/c1-12(2)3-4-15(5-6-20-12)21(18,19)10-7-13-14(8-10)9-11(16)17/h7-8H,3-6,9H2,1-2H3,(H,16,17). The maximum Gasteiger partial charge on any atom is 0.325 e. The number of carboxylic acids is 1. The Morgan fingerprint density at radius 2 is 2.19 bits per heavy atom. The quantitative estimate of drug-likeness (QED) is 0.879. The van der Waals surface area contributed by atoms with Gasteiger partial charge in [-0.05, 0) is 6.42 Å². The van der Waals surface area contributed by atoms with E-state index in [9.17, 15) is 13.2 Å². The highest BCUT2D eigenvalue weighted by Gasteiger charge is 2.31. The summed E-state index contributed by atoms with van der Waals surface area (Å²) < 4.78 is 27.8. The van der Waals surface area contributed by atoms with E-state index in [-0.39, 0.29) is 16.2 Å². The van der Waals surface area contributed by atoms with Crippen LogP contribution in [0.1, 0.15) is 20.3 Å². The number of hydrogen-bond acceptors (Lipinski definition) is 5. The highest BCUT2D eigenvalue weighted by Crippen LogP contribution is 2.32. The van der Waals surface area contributed by atoms with Crippen LogP contribution in [0.4, 0.5) is 0 Å². The number of sulfonamides is 1. The molecule has 0 spiro atoms. The minimum Gasteiger partial charge on any atom is -0.480 e. The third-order valence-electron chi connectivity index (χ3n) is 3.34. The third-order valence-corrected chi connectivity index (χ3v) is 6.57. The summed E-state index contributed by atoms with van der Waals surface area (Å²) in [6.45, 7) is 4.79. The van der Waals surface area contributed by atoms with E-state index in [2.05, 4.69) is 18.9 Å². The largest absolute Gasteiger partial charge is 0.480 e. The molecule has 2 heterocycles. The molecule has 21 heavy (non-hydrogen) atoms. The van der Waals surface area contributed by atoms with E-state index in [0.717, 1.165) is 16.9 Å². The van der Waals surface area contributed by atoms with E-state index < -0.39 is 16.0 Å². The molecule has 1 fully saturated rings. The van der Waals surface area contributed by atoms with Crippen molar-refractivity contribution in [2.24, 2.45) is 0 Å². The number of carbonyl (C=O) groups is 1.